The standard InChI is InChI=1S/C13H19N3OS/c1-10(9-12(14)18)13(17)16(2)8-5-11-3-6-15-7-4-11/h3-4,6-7,10H,5,8-9H2,1-2H3,(H2,14,18). The minimum atomic E-state index is -0.148. The number of nitrogens with zero attached hydrogens (tertiary/aromatic N) is 2. The van der Waals surface area contributed by atoms with Gasteiger partial charge in [0.05, 0.1) is 4.99 Å². The molecule has 2 N–H and O–H groups in total. The van der Waals surface area contributed by atoms with E-state index in [0.29, 0.717) is 18.0 Å². The fourth-order valence-corrected chi connectivity index (χ4v) is 1.97. The van der Waals surface area contributed by atoms with Crippen LogP contribution in [0, 0.1) is 5.92 Å². The molecule has 0 bridgehead atoms. The summed E-state index contributed by atoms with van der Waals surface area (Å²) in [5.41, 5.74) is 6.62. The Kier molecular flexibility index (Phi) is 5.71. The van der Waals surface area contributed by atoms with E-state index >= 15 is 0 Å². The summed E-state index contributed by atoms with van der Waals surface area (Å²) in [5, 5.41) is 0. The second kappa shape index (κ2) is 7.06. The van der Waals surface area contributed by atoms with E-state index < -0.39 is 0 Å². The molecule has 0 aliphatic carbocycles. The molecular weight excluding hydrogens is 246 g/mol. The van der Waals surface area contributed by atoms with Crippen molar-refractivity contribution in [2.45, 2.75) is 19.8 Å². The predicted octanol–water partition coefficient (Wildman–Crippen LogP) is 1.39. The molecule has 0 fully saturated rings. The minimum absolute atomic E-state index is 0.0804. The van der Waals surface area contributed by atoms with Crippen LogP contribution < -0.4 is 5.73 Å². The minimum Gasteiger partial charge on any atom is -0.393 e. The molecule has 1 unspecified atom stereocenters. The average Bonchev–Trinajstić information content (AvgIpc) is 2.35. The van der Waals surface area contributed by atoms with Crippen LogP contribution >= 0.6 is 12.2 Å². The third-order valence-corrected chi connectivity index (χ3v) is 2.96. The molecule has 1 atom stereocenters. The van der Waals surface area contributed by atoms with Gasteiger partial charge >= 0.3 is 0 Å². The van der Waals surface area contributed by atoms with E-state index in [0.717, 1.165) is 6.42 Å². The van der Waals surface area contributed by atoms with Crippen LogP contribution in [-0.2, 0) is 11.2 Å². The number of aromatic nitrogens is 1. The van der Waals surface area contributed by atoms with Gasteiger partial charge in [0.1, 0.15) is 0 Å². The number of amides is 1. The molecular formula is C13H19N3OS. The maximum atomic E-state index is 12.0. The third kappa shape index (κ3) is 4.79. The van der Waals surface area contributed by atoms with Gasteiger partial charge in [-0.15, -0.1) is 0 Å². The van der Waals surface area contributed by atoms with E-state index in [1.54, 1.807) is 24.3 Å². The molecule has 18 heavy (non-hydrogen) atoms. The normalized spacial score (nSPS) is 11.9. The Labute approximate surface area is 113 Å². The van der Waals surface area contributed by atoms with Crippen molar-refractivity contribution >= 4 is 23.1 Å². The summed E-state index contributed by atoms with van der Waals surface area (Å²) in [7, 11) is 1.81. The van der Waals surface area contributed by atoms with Crippen LogP contribution in [0.15, 0.2) is 24.5 Å². The molecule has 0 saturated carbocycles. The number of carbonyl (C=O) groups excluding carboxylic acids is 1. The molecule has 0 aliphatic heterocycles. The van der Waals surface area contributed by atoms with Gasteiger partial charge in [-0.2, -0.15) is 0 Å². The van der Waals surface area contributed by atoms with Crippen molar-refractivity contribution < 1.29 is 4.79 Å². The van der Waals surface area contributed by atoms with E-state index in [1.807, 2.05) is 19.1 Å². The smallest absolute Gasteiger partial charge is 0.225 e. The van der Waals surface area contributed by atoms with E-state index in [-0.39, 0.29) is 11.8 Å². The third-order valence-electron chi connectivity index (χ3n) is 2.79. The fourth-order valence-electron chi connectivity index (χ4n) is 1.72. The number of hydrogen-bond donors (Lipinski definition) is 1. The van der Waals surface area contributed by atoms with E-state index in [1.165, 1.54) is 5.56 Å². The molecule has 4 nitrogen and oxygen atoms in total. The van der Waals surface area contributed by atoms with E-state index in [9.17, 15) is 4.79 Å². The van der Waals surface area contributed by atoms with Crippen LogP contribution in [0.2, 0.25) is 0 Å². The summed E-state index contributed by atoms with van der Waals surface area (Å²) in [5.74, 6) is -0.0678. The van der Waals surface area contributed by atoms with E-state index in [4.69, 9.17) is 18.0 Å². The number of thiocarbonyl (C=S) groups is 1. The molecule has 0 saturated heterocycles. The first-order chi connectivity index (χ1) is 8.50. The molecule has 98 valence electrons. The van der Waals surface area contributed by atoms with Crippen LogP contribution in [0.3, 0.4) is 0 Å². The topological polar surface area (TPSA) is 59.2 Å². The number of nitrogens with two attached hydrogens (primary N) is 1. The highest BCUT2D eigenvalue weighted by Crippen LogP contribution is 2.07. The SMILES string of the molecule is CC(CC(N)=S)C(=O)N(C)CCc1ccncc1. The first-order valence-corrected chi connectivity index (χ1v) is 6.33. The summed E-state index contributed by atoms with van der Waals surface area (Å²) in [6.45, 7) is 2.54. The Morgan fingerprint density at radius 2 is 2.11 bits per heavy atom. The van der Waals surface area contributed by atoms with Gasteiger partial charge in [0, 0.05) is 38.3 Å². The Hall–Kier alpha value is -1.49. The number of pyridine rings is 1. The highest BCUT2D eigenvalue weighted by atomic mass is 32.1. The predicted molar refractivity (Wildman–Crippen MR) is 76.1 cm³/mol. The fraction of sp³-hybridized carbons (Fsp3) is 0.462. The lowest BCUT2D eigenvalue weighted by Gasteiger charge is -2.21. The largest absolute Gasteiger partial charge is 0.393 e. The lowest BCUT2D eigenvalue weighted by Crippen LogP contribution is -2.34. The van der Waals surface area contributed by atoms with Gasteiger partial charge in [-0.3, -0.25) is 9.78 Å². The summed E-state index contributed by atoms with van der Waals surface area (Å²) < 4.78 is 0. The van der Waals surface area contributed by atoms with Gasteiger partial charge in [0.15, 0.2) is 0 Å². The molecule has 1 amide bonds. The summed E-state index contributed by atoms with van der Waals surface area (Å²) in [4.78, 5) is 18.1. The number of likely N-dealkylation sites (N-methyl/N-ethyl adjacent to an activating group) is 1. The van der Waals surface area contributed by atoms with Crippen molar-refractivity contribution in [3.63, 3.8) is 0 Å². The van der Waals surface area contributed by atoms with Crippen molar-refractivity contribution in [1.29, 1.82) is 0 Å². The molecule has 5 heteroatoms. The summed E-state index contributed by atoms with van der Waals surface area (Å²) >= 11 is 4.82. The van der Waals surface area contributed by atoms with Gasteiger partial charge in [0.25, 0.3) is 0 Å². The second-order valence-electron chi connectivity index (χ2n) is 4.44. The maximum absolute atomic E-state index is 12.0. The van der Waals surface area contributed by atoms with Crippen molar-refractivity contribution in [1.82, 2.24) is 9.88 Å². The van der Waals surface area contributed by atoms with Crippen LogP contribution in [0.4, 0.5) is 0 Å². The van der Waals surface area contributed by atoms with Gasteiger partial charge in [0.2, 0.25) is 5.91 Å². The molecule has 0 spiro atoms. The Bertz CT molecular complexity index is 408. The van der Waals surface area contributed by atoms with Gasteiger partial charge < -0.3 is 10.6 Å². The zero-order valence-corrected chi connectivity index (χ0v) is 11.6. The monoisotopic (exact) mass is 265 g/mol. The highest BCUT2D eigenvalue weighted by Gasteiger charge is 2.17. The van der Waals surface area contributed by atoms with Crippen molar-refractivity contribution in [3.8, 4) is 0 Å². The number of hydrogen-bond acceptors (Lipinski definition) is 3. The first-order valence-electron chi connectivity index (χ1n) is 5.93. The molecule has 0 aromatic carbocycles. The van der Waals surface area contributed by atoms with Crippen molar-refractivity contribution in [2.75, 3.05) is 13.6 Å². The Balaban J connectivity index is 2.43. The average molecular weight is 265 g/mol. The summed E-state index contributed by atoms with van der Waals surface area (Å²) in [6.07, 6.45) is 4.80. The molecule has 1 aromatic heterocycles. The van der Waals surface area contributed by atoms with Crippen LogP contribution in [0.5, 0.6) is 0 Å². The number of rotatable bonds is 6. The van der Waals surface area contributed by atoms with Gasteiger partial charge in [-0.1, -0.05) is 19.1 Å². The van der Waals surface area contributed by atoms with Crippen LogP contribution in [0.1, 0.15) is 18.9 Å². The zero-order valence-electron chi connectivity index (χ0n) is 10.8. The van der Waals surface area contributed by atoms with Crippen LogP contribution in [0.25, 0.3) is 0 Å². The molecule has 0 radical (unpaired) electrons. The molecule has 1 rings (SSSR count). The number of carbonyl (C=O) groups is 1. The van der Waals surface area contributed by atoms with Gasteiger partial charge in [-0.25, -0.2) is 0 Å². The van der Waals surface area contributed by atoms with Crippen molar-refractivity contribution in [2.24, 2.45) is 11.7 Å². The van der Waals surface area contributed by atoms with E-state index in [2.05, 4.69) is 4.98 Å². The van der Waals surface area contributed by atoms with Crippen molar-refractivity contribution in [3.05, 3.63) is 30.1 Å². The lowest BCUT2D eigenvalue weighted by atomic mass is 10.1. The first kappa shape index (κ1) is 14.6. The van der Waals surface area contributed by atoms with Crippen LogP contribution in [-0.4, -0.2) is 34.4 Å². The summed E-state index contributed by atoms with van der Waals surface area (Å²) in [6, 6.07) is 3.91. The second-order valence-corrected chi connectivity index (χ2v) is 4.96. The quantitative estimate of drug-likeness (QED) is 0.790. The molecule has 1 heterocycles. The Morgan fingerprint density at radius 1 is 1.50 bits per heavy atom. The maximum Gasteiger partial charge on any atom is 0.225 e. The molecule has 0 aliphatic rings. The highest BCUT2D eigenvalue weighted by molar-refractivity contribution is 7.80. The van der Waals surface area contributed by atoms with Gasteiger partial charge in [-0.05, 0) is 24.1 Å². The molecule has 1 aromatic rings. The lowest BCUT2D eigenvalue weighted by molar-refractivity contribution is -0.133. The zero-order chi connectivity index (χ0) is 13.5. The Morgan fingerprint density at radius 3 is 2.67 bits per heavy atom.